The maximum absolute atomic E-state index is 13.0. The highest BCUT2D eigenvalue weighted by Crippen LogP contribution is 2.28. The maximum Gasteiger partial charge on any atom is 0.269 e. The molecule has 1 aromatic rings. The molecule has 1 aromatic carbocycles. The molecule has 106 valence electrons. The molecular formula is C13H18F2N2O2. The van der Waals surface area contributed by atoms with Crippen LogP contribution in [0.25, 0.3) is 0 Å². The van der Waals surface area contributed by atoms with Crippen molar-refractivity contribution in [1.29, 1.82) is 0 Å². The highest BCUT2D eigenvalue weighted by Gasteiger charge is 2.19. The average Bonchev–Trinajstić information content (AvgIpc) is 2.37. The van der Waals surface area contributed by atoms with E-state index in [4.69, 9.17) is 0 Å². The Bertz CT molecular complexity index is 439. The molecule has 1 atom stereocenters. The van der Waals surface area contributed by atoms with Crippen LogP contribution in [0.15, 0.2) is 18.2 Å². The fourth-order valence-corrected chi connectivity index (χ4v) is 2.00. The van der Waals surface area contributed by atoms with Crippen molar-refractivity contribution in [3.8, 4) is 0 Å². The minimum absolute atomic E-state index is 0.101. The molecule has 19 heavy (non-hydrogen) atoms. The van der Waals surface area contributed by atoms with Crippen molar-refractivity contribution < 1.29 is 13.7 Å². The van der Waals surface area contributed by atoms with Gasteiger partial charge >= 0.3 is 0 Å². The summed E-state index contributed by atoms with van der Waals surface area (Å²) in [5, 5.41) is 13.8. The highest BCUT2D eigenvalue weighted by molar-refractivity contribution is 5.41. The summed E-state index contributed by atoms with van der Waals surface area (Å²) in [6.45, 7) is 4.68. The molecule has 4 nitrogen and oxygen atoms in total. The third kappa shape index (κ3) is 4.24. The Morgan fingerprint density at radius 3 is 2.53 bits per heavy atom. The number of alkyl halides is 2. The minimum atomic E-state index is -2.70. The van der Waals surface area contributed by atoms with Crippen LogP contribution in [0.3, 0.4) is 0 Å². The van der Waals surface area contributed by atoms with Gasteiger partial charge in [0.25, 0.3) is 12.1 Å². The van der Waals surface area contributed by atoms with Crippen molar-refractivity contribution in [1.82, 2.24) is 5.32 Å². The van der Waals surface area contributed by atoms with Gasteiger partial charge in [-0.05, 0) is 24.9 Å². The molecule has 0 saturated heterocycles. The summed E-state index contributed by atoms with van der Waals surface area (Å²) in [5.41, 5.74) is -0.0745. The third-order valence-corrected chi connectivity index (χ3v) is 3.03. The SMILES string of the molecule is CCNC(CC)Cc1ccc([N+](=O)[O-])cc1C(F)F. The van der Waals surface area contributed by atoms with Crippen molar-refractivity contribution in [2.45, 2.75) is 39.2 Å². The van der Waals surface area contributed by atoms with Crippen molar-refractivity contribution in [3.05, 3.63) is 39.4 Å². The van der Waals surface area contributed by atoms with Crippen LogP contribution in [-0.2, 0) is 6.42 Å². The van der Waals surface area contributed by atoms with E-state index in [1.54, 1.807) is 0 Å². The number of nitro groups is 1. The monoisotopic (exact) mass is 272 g/mol. The van der Waals surface area contributed by atoms with Crippen LogP contribution in [0, 0.1) is 10.1 Å². The number of hydrogen-bond acceptors (Lipinski definition) is 3. The van der Waals surface area contributed by atoms with E-state index in [2.05, 4.69) is 5.32 Å². The van der Waals surface area contributed by atoms with Crippen molar-refractivity contribution in [2.24, 2.45) is 0 Å². The second-order valence-electron chi connectivity index (χ2n) is 4.31. The Hall–Kier alpha value is -1.56. The lowest BCUT2D eigenvalue weighted by Crippen LogP contribution is -2.30. The lowest BCUT2D eigenvalue weighted by atomic mass is 9.98. The molecule has 0 bridgehead atoms. The molecular weight excluding hydrogens is 254 g/mol. The lowest BCUT2D eigenvalue weighted by Gasteiger charge is -2.17. The fraction of sp³-hybridized carbons (Fsp3) is 0.538. The fourth-order valence-electron chi connectivity index (χ4n) is 2.00. The molecule has 0 fully saturated rings. The molecule has 0 saturated carbocycles. The van der Waals surface area contributed by atoms with Gasteiger partial charge in [0, 0.05) is 23.7 Å². The van der Waals surface area contributed by atoms with E-state index in [0.29, 0.717) is 12.0 Å². The number of benzene rings is 1. The van der Waals surface area contributed by atoms with Gasteiger partial charge in [-0.25, -0.2) is 8.78 Å². The summed E-state index contributed by atoms with van der Waals surface area (Å²) >= 11 is 0. The van der Waals surface area contributed by atoms with Gasteiger partial charge in [0.15, 0.2) is 0 Å². The Balaban J connectivity index is 3.02. The van der Waals surface area contributed by atoms with E-state index in [-0.39, 0.29) is 17.3 Å². The van der Waals surface area contributed by atoms with Gasteiger partial charge in [-0.3, -0.25) is 10.1 Å². The van der Waals surface area contributed by atoms with Gasteiger partial charge in [-0.1, -0.05) is 19.9 Å². The predicted molar refractivity (Wildman–Crippen MR) is 69.5 cm³/mol. The van der Waals surface area contributed by atoms with Crippen LogP contribution in [-0.4, -0.2) is 17.5 Å². The number of halogens is 2. The third-order valence-electron chi connectivity index (χ3n) is 3.03. The van der Waals surface area contributed by atoms with Crippen LogP contribution >= 0.6 is 0 Å². The molecule has 0 aliphatic rings. The van der Waals surface area contributed by atoms with E-state index in [1.807, 2.05) is 13.8 Å². The quantitative estimate of drug-likeness (QED) is 0.611. The number of hydrogen-bond donors (Lipinski definition) is 1. The first-order valence-corrected chi connectivity index (χ1v) is 6.28. The van der Waals surface area contributed by atoms with E-state index >= 15 is 0 Å². The van der Waals surface area contributed by atoms with Gasteiger partial charge in [0.1, 0.15) is 0 Å². The van der Waals surface area contributed by atoms with Crippen LogP contribution in [0.2, 0.25) is 0 Å². The Labute approximate surface area is 111 Å². The average molecular weight is 272 g/mol. The number of nitro benzene ring substituents is 1. The summed E-state index contributed by atoms with van der Waals surface area (Å²) in [4.78, 5) is 9.96. The second kappa shape index (κ2) is 7.13. The largest absolute Gasteiger partial charge is 0.314 e. The molecule has 1 rings (SSSR count). The van der Waals surface area contributed by atoms with Crippen LogP contribution in [0.5, 0.6) is 0 Å². The zero-order valence-electron chi connectivity index (χ0n) is 11.0. The van der Waals surface area contributed by atoms with Gasteiger partial charge in [-0.2, -0.15) is 0 Å². The Morgan fingerprint density at radius 1 is 1.37 bits per heavy atom. The van der Waals surface area contributed by atoms with Crippen LogP contribution < -0.4 is 5.32 Å². The van der Waals surface area contributed by atoms with Gasteiger partial charge < -0.3 is 5.32 Å². The number of nitrogens with one attached hydrogen (secondary N) is 1. The molecule has 0 aliphatic heterocycles. The normalized spacial score (nSPS) is 12.7. The molecule has 0 amide bonds. The first-order valence-electron chi connectivity index (χ1n) is 6.28. The lowest BCUT2D eigenvalue weighted by molar-refractivity contribution is -0.385. The standard InChI is InChI=1S/C13H18F2N2O2/c1-3-10(16-4-2)7-9-5-6-11(17(18)19)8-12(9)13(14)15/h5-6,8,10,13,16H,3-4,7H2,1-2H3. The zero-order chi connectivity index (χ0) is 14.4. The molecule has 1 N–H and O–H groups in total. The van der Waals surface area contributed by atoms with E-state index < -0.39 is 11.3 Å². The molecule has 0 aromatic heterocycles. The highest BCUT2D eigenvalue weighted by atomic mass is 19.3. The second-order valence-corrected chi connectivity index (χ2v) is 4.31. The van der Waals surface area contributed by atoms with E-state index in [0.717, 1.165) is 19.0 Å². The number of rotatable bonds is 7. The maximum atomic E-state index is 13.0. The summed E-state index contributed by atoms with van der Waals surface area (Å²) in [5.74, 6) is 0. The van der Waals surface area contributed by atoms with Gasteiger partial charge in [-0.15, -0.1) is 0 Å². The summed E-state index contributed by atoms with van der Waals surface area (Å²) in [6, 6.07) is 3.78. The molecule has 6 heteroatoms. The molecule has 1 unspecified atom stereocenters. The molecule has 0 aliphatic carbocycles. The van der Waals surface area contributed by atoms with Gasteiger partial charge in [0.05, 0.1) is 4.92 Å². The Kier molecular flexibility index (Phi) is 5.82. The summed E-state index contributed by atoms with van der Waals surface area (Å²) in [7, 11) is 0. The number of nitrogens with zero attached hydrogens (tertiary/aromatic N) is 1. The summed E-state index contributed by atoms with van der Waals surface area (Å²) in [6.07, 6.45) is -1.44. The van der Waals surface area contributed by atoms with Crippen molar-refractivity contribution >= 4 is 5.69 Å². The number of likely N-dealkylation sites (N-methyl/N-ethyl adjacent to an activating group) is 1. The first-order chi connectivity index (χ1) is 8.99. The molecule has 0 heterocycles. The van der Waals surface area contributed by atoms with Crippen LogP contribution in [0.4, 0.5) is 14.5 Å². The molecule has 0 radical (unpaired) electrons. The summed E-state index contributed by atoms with van der Waals surface area (Å²) < 4.78 is 25.9. The topological polar surface area (TPSA) is 55.2 Å². The predicted octanol–water partition coefficient (Wildman–Crippen LogP) is 3.46. The minimum Gasteiger partial charge on any atom is -0.314 e. The Morgan fingerprint density at radius 2 is 2.05 bits per heavy atom. The van der Waals surface area contributed by atoms with Gasteiger partial charge in [0.2, 0.25) is 0 Å². The van der Waals surface area contributed by atoms with Crippen LogP contribution in [0.1, 0.15) is 37.8 Å². The van der Waals surface area contributed by atoms with Crippen molar-refractivity contribution in [2.75, 3.05) is 6.54 Å². The van der Waals surface area contributed by atoms with Crippen molar-refractivity contribution in [3.63, 3.8) is 0 Å². The first kappa shape index (κ1) is 15.5. The number of non-ortho nitro benzene ring substituents is 1. The van der Waals surface area contributed by atoms with E-state index in [1.165, 1.54) is 12.1 Å². The molecule has 0 spiro atoms. The smallest absolute Gasteiger partial charge is 0.269 e. The van der Waals surface area contributed by atoms with E-state index in [9.17, 15) is 18.9 Å². The zero-order valence-corrected chi connectivity index (χ0v) is 11.0.